The number of esters is 1. The molecule has 2 amide bonds. The van der Waals surface area contributed by atoms with E-state index >= 15 is 0 Å². The number of anilines is 2. The number of Topliss-reactive ketones (excluding diaryl/α,β-unsaturated/α-hetero) is 1. The average Bonchev–Trinajstić information content (AvgIpc) is 3.27. The molecular weight excluding hydrogens is 472 g/mol. The molecule has 1 aliphatic rings. The molecule has 0 aliphatic carbocycles. The molecular formula is C29H28N2O6. The third-order valence-electron chi connectivity index (χ3n) is 6.22. The molecule has 1 saturated heterocycles. The van der Waals surface area contributed by atoms with E-state index in [1.54, 1.807) is 48.5 Å². The van der Waals surface area contributed by atoms with Gasteiger partial charge in [-0.15, -0.1) is 0 Å². The lowest BCUT2D eigenvalue weighted by Gasteiger charge is -2.17. The number of hydrogen-bond acceptors (Lipinski definition) is 6. The fourth-order valence-corrected chi connectivity index (χ4v) is 3.99. The number of rotatable bonds is 8. The van der Waals surface area contributed by atoms with Gasteiger partial charge in [0.1, 0.15) is 11.5 Å². The molecule has 1 fully saturated rings. The number of carbonyl (C=O) groups is 4. The van der Waals surface area contributed by atoms with E-state index in [1.165, 1.54) is 17.4 Å². The lowest BCUT2D eigenvalue weighted by atomic mass is 10.1. The molecule has 8 nitrogen and oxygen atoms in total. The van der Waals surface area contributed by atoms with Gasteiger partial charge in [-0.2, -0.15) is 0 Å². The predicted molar refractivity (Wildman–Crippen MR) is 139 cm³/mol. The first-order valence-corrected chi connectivity index (χ1v) is 11.9. The third-order valence-corrected chi connectivity index (χ3v) is 6.22. The zero-order valence-corrected chi connectivity index (χ0v) is 20.9. The van der Waals surface area contributed by atoms with E-state index in [9.17, 15) is 19.2 Å². The lowest BCUT2D eigenvalue weighted by Crippen LogP contribution is -2.28. The number of benzene rings is 3. The Bertz CT molecular complexity index is 1350. The summed E-state index contributed by atoms with van der Waals surface area (Å²) in [5.74, 6) is -0.779. The van der Waals surface area contributed by atoms with Crippen LogP contribution in [-0.4, -0.2) is 36.7 Å². The second kappa shape index (κ2) is 11.1. The van der Waals surface area contributed by atoms with Crippen LogP contribution in [-0.2, 0) is 19.1 Å². The van der Waals surface area contributed by atoms with Gasteiger partial charge in [0.05, 0.1) is 5.92 Å². The molecule has 0 aromatic heterocycles. The number of carbonyl (C=O) groups excluding carboxylic acids is 4. The smallest absolute Gasteiger partial charge is 0.311 e. The van der Waals surface area contributed by atoms with E-state index < -0.39 is 24.4 Å². The maximum Gasteiger partial charge on any atom is 0.311 e. The largest absolute Gasteiger partial charge is 0.457 e. The molecule has 0 spiro atoms. The number of hydrogen-bond donors (Lipinski definition) is 1. The minimum absolute atomic E-state index is 0.00199. The number of amides is 2. The highest BCUT2D eigenvalue weighted by Crippen LogP contribution is 2.29. The van der Waals surface area contributed by atoms with E-state index in [-0.39, 0.29) is 24.7 Å². The van der Waals surface area contributed by atoms with Gasteiger partial charge in [0.15, 0.2) is 12.4 Å². The average molecular weight is 501 g/mol. The molecule has 0 bridgehead atoms. The molecule has 1 N–H and O–H groups in total. The van der Waals surface area contributed by atoms with Crippen LogP contribution >= 0.6 is 0 Å². The Kier molecular flexibility index (Phi) is 7.67. The van der Waals surface area contributed by atoms with Gasteiger partial charge in [-0.3, -0.25) is 19.2 Å². The van der Waals surface area contributed by atoms with Crippen molar-refractivity contribution in [3.63, 3.8) is 0 Å². The molecule has 1 aliphatic heterocycles. The normalized spacial score (nSPS) is 14.8. The van der Waals surface area contributed by atoms with Gasteiger partial charge in [-0.05, 0) is 80.4 Å². The molecule has 37 heavy (non-hydrogen) atoms. The summed E-state index contributed by atoms with van der Waals surface area (Å²) in [7, 11) is 0. The Hall–Kier alpha value is -4.46. The first kappa shape index (κ1) is 25.6. The fraction of sp³-hybridized carbons (Fsp3) is 0.241. The first-order chi connectivity index (χ1) is 17.7. The van der Waals surface area contributed by atoms with Crippen LogP contribution in [0.4, 0.5) is 11.4 Å². The molecule has 4 rings (SSSR count). The van der Waals surface area contributed by atoms with Crippen molar-refractivity contribution in [1.82, 2.24) is 0 Å². The van der Waals surface area contributed by atoms with Crippen molar-refractivity contribution >= 4 is 34.9 Å². The van der Waals surface area contributed by atoms with Crippen LogP contribution in [0.5, 0.6) is 11.5 Å². The van der Waals surface area contributed by atoms with Gasteiger partial charge < -0.3 is 19.7 Å². The molecule has 1 atom stereocenters. The summed E-state index contributed by atoms with van der Waals surface area (Å²) >= 11 is 0. The minimum atomic E-state index is -0.673. The van der Waals surface area contributed by atoms with Gasteiger partial charge in [0.25, 0.3) is 5.91 Å². The Morgan fingerprint density at radius 2 is 1.68 bits per heavy atom. The van der Waals surface area contributed by atoms with E-state index in [4.69, 9.17) is 9.47 Å². The zero-order chi connectivity index (χ0) is 26.5. The van der Waals surface area contributed by atoms with Gasteiger partial charge in [-0.25, -0.2) is 0 Å². The molecule has 1 heterocycles. The van der Waals surface area contributed by atoms with Crippen LogP contribution in [0.3, 0.4) is 0 Å². The number of ketones is 1. The highest BCUT2D eigenvalue weighted by Gasteiger charge is 2.36. The van der Waals surface area contributed by atoms with Gasteiger partial charge >= 0.3 is 5.97 Å². The standard InChI is InChI=1S/C29H28N2O6/c1-18-7-10-26(13-19(18)2)37-25-11-8-24(9-12-25)31-16-22(15-28(31)34)29(35)36-17-27(33)30-23-6-4-5-21(14-23)20(3)32/h4-14,22H,15-17H2,1-3H3,(H,30,33)/t22-/m0/s1. The van der Waals surface area contributed by atoms with Crippen LogP contribution in [0.25, 0.3) is 0 Å². The van der Waals surface area contributed by atoms with Crippen molar-refractivity contribution in [2.45, 2.75) is 27.2 Å². The number of nitrogens with zero attached hydrogens (tertiary/aromatic N) is 1. The quantitative estimate of drug-likeness (QED) is 0.351. The molecule has 0 unspecified atom stereocenters. The molecule has 190 valence electrons. The molecule has 3 aromatic rings. The highest BCUT2D eigenvalue weighted by atomic mass is 16.5. The highest BCUT2D eigenvalue weighted by molar-refractivity contribution is 6.00. The summed E-state index contributed by atoms with van der Waals surface area (Å²) in [6.45, 7) is 5.17. The van der Waals surface area contributed by atoms with Crippen molar-refractivity contribution in [3.8, 4) is 11.5 Å². The van der Waals surface area contributed by atoms with Crippen molar-refractivity contribution in [3.05, 3.63) is 83.4 Å². The Morgan fingerprint density at radius 1 is 0.946 bits per heavy atom. The van der Waals surface area contributed by atoms with Crippen LogP contribution in [0.2, 0.25) is 0 Å². The summed E-state index contributed by atoms with van der Waals surface area (Å²) in [5, 5.41) is 2.60. The van der Waals surface area contributed by atoms with Crippen molar-refractivity contribution in [1.29, 1.82) is 0 Å². The van der Waals surface area contributed by atoms with E-state index in [0.717, 1.165) is 11.3 Å². The van der Waals surface area contributed by atoms with Crippen LogP contribution < -0.4 is 15.0 Å². The topological polar surface area (TPSA) is 102 Å². The molecule has 0 radical (unpaired) electrons. The zero-order valence-electron chi connectivity index (χ0n) is 20.9. The van der Waals surface area contributed by atoms with E-state index in [2.05, 4.69) is 5.32 Å². The summed E-state index contributed by atoms with van der Waals surface area (Å²) < 4.78 is 11.1. The third kappa shape index (κ3) is 6.41. The minimum Gasteiger partial charge on any atom is -0.457 e. The van der Waals surface area contributed by atoms with Crippen LogP contribution in [0.15, 0.2) is 66.7 Å². The van der Waals surface area contributed by atoms with Crippen LogP contribution in [0, 0.1) is 19.8 Å². The second-order valence-electron chi connectivity index (χ2n) is 9.04. The van der Waals surface area contributed by atoms with E-state index in [0.29, 0.717) is 22.7 Å². The SMILES string of the molecule is CC(=O)c1cccc(NC(=O)COC(=O)[C@H]2CC(=O)N(c3ccc(Oc4ccc(C)c(C)c4)cc3)C2)c1. The van der Waals surface area contributed by atoms with Gasteiger partial charge in [0, 0.05) is 29.9 Å². The summed E-state index contributed by atoms with van der Waals surface area (Å²) in [4.78, 5) is 50.3. The van der Waals surface area contributed by atoms with Crippen LogP contribution in [0.1, 0.15) is 34.8 Å². The second-order valence-corrected chi connectivity index (χ2v) is 9.04. The van der Waals surface area contributed by atoms with Gasteiger partial charge in [0.2, 0.25) is 5.91 Å². The first-order valence-electron chi connectivity index (χ1n) is 11.9. The predicted octanol–water partition coefficient (Wildman–Crippen LogP) is 4.83. The monoisotopic (exact) mass is 500 g/mol. The maximum absolute atomic E-state index is 12.6. The van der Waals surface area contributed by atoms with Crippen molar-refractivity contribution in [2.75, 3.05) is 23.4 Å². The van der Waals surface area contributed by atoms with E-state index in [1.807, 2.05) is 32.0 Å². The Morgan fingerprint density at radius 3 is 2.38 bits per heavy atom. The fourth-order valence-electron chi connectivity index (χ4n) is 3.99. The molecule has 3 aromatic carbocycles. The molecule has 8 heteroatoms. The number of ether oxygens (including phenoxy) is 2. The van der Waals surface area contributed by atoms with Crippen molar-refractivity contribution in [2.24, 2.45) is 5.92 Å². The number of aryl methyl sites for hydroxylation is 2. The Balaban J connectivity index is 1.29. The van der Waals surface area contributed by atoms with Crippen molar-refractivity contribution < 1.29 is 28.7 Å². The summed E-state index contributed by atoms with van der Waals surface area (Å²) in [6, 6.07) is 19.4. The Labute approximate surface area is 215 Å². The van der Waals surface area contributed by atoms with Gasteiger partial charge in [-0.1, -0.05) is 18.2 Å². The summed E-state index contributed by atoms with van der Waals surface area (Å²) in [6.07, 6.45) is 0.00199. The maximum atomic E-state index is 12.6. The molecule has 0 saturated carbocycles. The lowest BCUT2D eigenvalue weighted by molar-refractivity contribution is -0.151. The number of nitrogens with one attached hydrogen (secondary N) is 1. The summed E-state index contributed by atoms with van der Waals surface area (Å²) in [5.41, 5.74) is 3.86.